The maximum absolute atomic E-state index is 13.0. The van der Waals surface area contributed by atoms with Crippen molar-refractivity contribution in [2.45, 2.75) is 31.5 Å². The molecule has 2 atom stereocenters. The molecule has 6 nitrogen and oxygen atoms in total. The molecule has 8 heteroatoms. The summed E-state index contributed by atoms with van der Waals surface area (Å²) in [6.07, 6.45) is -0.111. The number of rotatable bonds is 7. The zero-order chi connectivity index (χ0) is 24.5. The minimum Gasteiger partial charge on any atom is -0.497 e. The Morgan fingerprint density at radius 1 is 1.03 bits per heavy atom. The molecule has 0 aromatic heterocycles. The van der Waals surface area contributed by atoms with Crippen LogP contribution >= 0.6 is 23.2 Å². The van der Waals surface area contributed by atoms with E-state index >= 15 is 0 Å². The van der Waals surface area contributed by atoms with Gasteiger partial charge < -0.3 is 19.9 Å². The Morgan fingerprint density at radius 3 is 2.21 bits per heavy atom. The first-order valence-electron chi connectivity index (χ1n) is 10.7. The van der Waals surface area contributed by atoms with Crippen molar-refractivity contribution in [3.63, 3.8) is 0 Å². The van der Waals surface area contributed by atoms with E-state index in [9.17, 15) is 9.90 Å². The molecule has 1 heterocycles. The predicted molar refractivity (Wildman–Crippen MR) is 133 cm³/mol. The zero-order valence-electron chi connectivity index (χ0n) is 18.9. The number of carboxylic acids is 1. The van der Waals surface area contributed by atoms with E-state index in [4.69, 9.17) is 37.7 Å². The minimum atomic E-state index is -1.58. The van der Waals surface area contributed by atoms with Gasteiger partial charge in [0.15, 0.2) is 5.54 Å². The summed E-state index contributed by atoms with van der Waals surface area (Å²) >= 11 is 12.2. The van der Waals surface area contributed by atoms with Crippen LogP contribution in [0.5, 0.6) is 11.5 Å². The van der Waals surface area contributed by atoms with Gasteiger partial charge in [-0.2, -0.15) is 0 Å². The van der Waals surface area contributed by atoms with Crippen LogP contribution in [0.2, 0.25) is 10.0 Å². The van der Waals surface area contributed by atoms with E-state index < -0.39 is 17.6 Å². The number of benzene rings is 3. The van der Waals surface area contributed by atoms with E-state index in [0.29, 0.717) is 44.1 Å². The second kappa shape index (κ2) is 9.57. The van der Waals surface area contributed by atoms with Gasteiger partial charge in [-0.3, -0.25) is 4.99 Å². The van der Waals surface area contributed by atoms with Crippen molar-refractivity contribution in [2.75, 3.05) is 7.11 Å². The van der Waals surface area contributed by atoms with Crippen LogP contribution in [-0.2, 0) is 10.3 Å². The number of carboxylic acid groups (broad SMARTS) is 1. The maximum Gasteiger partial charge on any atom is 0.336 e. The van der Waals surface area contributed by atoms with Crippen LogP contribution in [-0.4, -0.2) is 30.1 Å². The number of amidine groups is 1. The Balaban J connectivity index is 1.91. The van der Waals surface area contributed by atoms with Crippen LogP contribution in [0, 0.1) is 0 Å². The number of ether oxygens (including phenoxy) is 2. The fourth-order valence-electron chi connectivity index (χ4n) is 4.03. The molecule has 2 N–H and O–H groups in total. The molecule has 1 aliphatic heterocycles. The summed E-state index contributed by atoms with van der Waals surface area (Å²) < 4.78 is 11.4. The SMILES string of the molecule is COc1ccc(C2=N[C@H](c3ccc(Cl)cc3)[C@](C(=O)O)(c3ccc(Cl)cc3)N2)c(OC(C)C)c1. The number of carbonyl (C=O) groups is 1. The first kappa shape index (κ1) is 23.9. The molecule has 0 saturated carbocycles. The van der Waals surface area contributed by atoms with E-state index in [-0.39, 0.29) is 6.10 Å². The molecule has 0 bridgehead atoms. The molecule has 176 valence electrons. The van der Waals surface area contributed by atoms with Crippen molar-refractivity contribution < 1.29 is 19.4 Å². The molecule has 0 fully saturated rings. The summed E-state index contributed by atoms with van der Waals surface area (Å²) in [7, 11) is 1.58. The van der Waals surface area contributed by atoms with Crippen molar-refractivity contribution in [2.24, 2.45) is 4.99 Å². The molecule has 0 radical (unpaired) electrons. The van der Waals surface area contributed by atoms with E-state index in [0.717, 1.165) is 0 Å². The van der Waals surface area contributed by atoms with Gasteiger partial charge in [-0.05, 0) is 61.4 Å². The van der Waals surface area contributed by atoms with Gasteiger partial charge in [0.2, 0.25) is 0 Å². The molecule has 0 spiro atoms. The monoisotopic (exact) mass is 498 g/mol. The molecule has 4 rings (SSSR count). The molecule has 34 heavy (non-hydrogen) atoms. The summed E-state index contributed by atoms with van der Waals surface area (Å²) in [6, 6.07) is 18.3. The number of nitrogens with zero attached hydrogens (tertiary/aromatic N) is 1. The number of aliphatic carboxylic acids is 1. The van der Waals surface area contributed by atoms with Gasteiger partial charge in [0.25, 0.3) is 0 Å². The van der Waals surface area contributed by atoms with Gasteiger partial charge >= 0.3 is 5.97 Å². The average Bonchev–Trinajstić information content (AvgIpc) is 3.21. The summed E-state index contributed by atoms with van der Waals surface area (Å²) in [6.45, 7) is 3.83. The van der Waals surface area contributed by atoms with Gasteiger partial charge in [0.05, 0.1) is 18.8 Å². The first-order valence-corrected chi connectivity index (χ1v) is 11.5. The smallest absolute Gasteiger partial charge is 0.336 e. The highest BCUT2D eigenvalue weighted by atomic mass is 35.5. The Morgan fingerprint density at radius 2 is 1.65 bits per heavy atom. The average molecular weight is 499 g/mol. The third-order valence-corrected chi connectivity index (χ3v) is 6.12. The van der Waals surface area contributed by atoms with E-state index in [2.05, 4.69) is 5.32 Å². The van der Waals surface area contributed by atoms with Crippen LogP contribution in [0.1, 0.15) is 36.6 Å². The van der Waals surface area contributed by atoms with Crippen molar-refractivity contribution in [1.82, 2.24) is 5.32 Å². The molecule has 0 unspecified atom stereocenters. The Kier molecular flexibility index (Phi) is 6.73. The lowest BCUT2D eigenvalue weighted by Crippen LogP contribution is -2.51. The molecule has 0 amide bonds. The molecular formula is C26H24Cl2N2O4. The number of hydrogen-bond acceptors (Lipinski definition) is 5. The molecule has 0 saturated heterocycles. The van der Waals surface area contributed by atoms with Gasteiger partial charge in [-0.1, -0.05) is 47.5 Å². The number of nitrogens with one attached hydrogen (secondary N) is 1. The third-order valence-electron chi connectivity index (χ3n) is 5.61. The van der Waals surface area contributed by atoms with Crippen LogP contribution in [0.3, 0.4) is 0 Å². The molecule has 0 aliphatic carbocycles. The highest BCUT2D eigenvalue weighted by Gasteiger charge is 2.53. The van der Waals surface area contributed by atoms with E-state index in [1.54, 1.807) is 73.8 Å². The van der Waals surface area contributed by atoms with Crippen molar-refractivity contribution in [1.29, 1.82) is 0 Å². The second-order valence-electron chi connectivity index (χ2n) is 8.21. The van der Waals surface area contributed by atoms with Gasteiger partial charge in [-0.25, -0.2) is 4.79 Å². The standard InChI is InChI=1S/C26H24Cl2N2O4/c1-15(2)34-22-14-20(33-3)12-13-21(22)24-29-23(16-4-8-18(27)9-5-16)26(30-24,25(31)32)17-6-10-19(28)11-7-17/h4-15,23H,1-3H3,(H,29,30)(H,31,32)/t23-,26+/m1/s1. The summed E-state index contributed by atoms with van der Waals surface area (Å²) in [4.78, 5) is 17.8. The number of hydrogen-bond donors (Lipinski definition) is 2. The minimum absolute atomic E-state index is 0.111. The lowest BCUT2D eigenvalue weighted by molar-refractivity contribution is -0.145. The summed E-state index contributed by atoms with van der Waals surface area (Å²) in [5, 5.41) is 14.9. The van der Waals surface area contributed by atoms with E-state index in [1.807, 2.05) is 13.8 Å². The fraction of sp³-hybridized carbons (Fsp3) is 0.231. The quantitative estimate of drug-likeness (QED) is 0.426. The van der Waals surface area contributed by atoms with Gasteiger partial charge in [-0.15, -0.1) is 0 Å². The number of methoxy groups -OCH3 is 1. The maximum atomic E-state index is 13.0. The Hall–Kier alpha value is -3.22. The molecule has 3 aromatic carbocycles. The third kappa shape index (κ3) is 4.43. The highest BCUT2D eigenvalue weighted by Crippen LogP contribution is 2.44. The number of aliphatic imine (C=N–C) groups is 1. The summed E-state index contributed by atoms with van der Waals surface area (Å²) in [5.41, 5.74) is 0.264. The van der Waals surface area contributed by atoms with Crippen molar-refractivity contribution in [3.05, 3.63) is 93.5 Å². The zero-order valence-corrected chi connectivity index (χ0v) is 20.4. The largest absolute Gasteiger partial charge is 0.497 e. The number of halogens is 2. The molecule has 1 aliphatic rings. The molecule has 3 aromatic rings. The Labute approximate surface area is 208 Å². The fourth-order valence-corrected chi connectivity index (χ4v) is 4.29. The lowest BCUT2D eigenvalue weighted by atomic mass is 9.80. The first-order chi connectivity index (χ1) is 16.2. The van der Waals surface area contributed by atoms with Crippen molar-refractivity contribution >= 4 is 35.0 Å². The van der Waals surface area contributed by atoms with Gasteiger partial charge in [0.1, 0.15) is 23.4 Å². The van der Waals surface area contributed by atoms with Crippen LogP contribution in [0.15, 0.2) is 71.7 Å². The summed E-state index contributed by atoms with van der Waals surface area (Å²) in [5.74, 6) is 0.478. The Bertz CT molecular complexity index is 1230. The van der Waals surface area contributed by atoms with Gasteiger partial charge in [0, 0.05) is 16.1 Å². The topological polar surface area (TPSA) is 80.2 Å². The van der Waals surface area contributed by atoms with Crippen LogP contribution in [0.25, 0.3) is 0 Å². The highest BCUT2D eigenvalue weighted by molar-refractivity contribution is 6.30. The molecular weight excluding hydrogens is 475 g/mol. The van der Waals surface area contributed by atoms with Crippen LogP contribution < -0.4 is 14.8 Å². The van der Waals surface area contributed by atoms with Crippen LogP contribution in [0.4, 0.5) is 0 Å². The predicted octanol–water partition coefficient (Wildman–Crippen LogP) is 5.86. The van der Waals surface area contributed by atoms with Crippen molar-refractivity contribution in [3.8, 4) is 11.5 Å². The van der Waals surface area contributed by atoms with E-state index in [1.165, 1.54) is 0 Å². The second-order valence-corrected chi connectivity index (χ2v) is 9.08. The normalized spacial score (nSPS) is 19.5. The lowest BCUT2D eigenvalue weighted by Gasteiger charge is -2.31.